The van der Waals surface area contributed by atoms with Crippen LogP contribution in [0, 0.1) is 31.3 Å². The molecule has 0 aromatic heterocycles. The van der Waals surface area contributed by atoms with Crippen LogP contribution < -0.4 is 4.72 Å². The van der Waals surface area contributed by atoms with Crippen LogP contribution in [0.3, 0.4) is 0 Å². The number of rotatable bonds is 3. The van der Waals surface area contributed by atoms with E-state index in [1.807, 2.05) is 13.8 Å². The van der Waals surface area contributed by atoms with Crippen LogP contribution >= 0.6 is 11.6 Å². The Kier molecular flexibility index (Phi) is 7.09. The Hall–Kier alpha value is -1.53. The third-order valence-corrected chi connectivity index (χ3v) is 4.45. The van der Waals surface area contributed by atoms with Crippen molar-refractivity contribution in [3.8, 4) is 0 Å². The summed E-state index contributed by atoms with van der Waals surface area (Å²) in [5, 5.41) is 0.0880. The first-order valence-electron chi connectivity index (χ1n) is 6.89. The number of hydrogen-bond acceptors (Lipinski definition) is 1. The Balaban J connectivity index is 0.00000127. The van der Waals surface area contributed by atoms with Gasteiger partial charge in [-0.2, -0.15) is 0 Å². The molecular weight excluding hydrogens is 347 g/mol. The average Bonchev–Trinajstić information content (AvgIpc) is 2.48. The Labute approximate surface area is 141 Å². The van der Waals surface area contributed by atoms with E-state index in [4.69, 9.17) is 11.6 Å². The third-order valence-electron chi connectivity index (χ3n) is 2.84. The molecule has 0 heterocycles. The van der Waals surface area contributed by atoms with Gasteiger partial charge in [0, 0.05) is 5.02 Å². The second-order valence-corrected chi connectivity index (χ2v) is 6.07. The van der Waals surface area contributed by atoms with Gasteiger partial charge in [0.25, 0.3) is 0 Å². The van der Waals surface area contributed by atoms with Crippen LogP contribution in [-0.2, 0) is 11.0 Å². The van der Waals surface area contributed by atoms with E-state index in [1.165, 1.54) is 6.92 Å². The van der Waals surface area contributed by atoms with Crippen LogP contribution in [0.5, 0.6) is 0 Å². The van der Waals surface area contributed by atoms with Gasteiger partial charge in [-0.3, -0.25) is 4.72 Å². The molecule has 7 heteroatoms. The van der Waals surface area contributed by atoms with Crippen LogP contribution in [0.15, 0.2) is 29.2 Å². The second kappa shape index (κ2) is 8.36. The number of nitrogens with one attached hydrogen (secondary N) is 1. The van der Waals surface area contributed by atoms with Gasteiger partial charge in [-0.15, -0.1) is 0 Å². The first-order chi connectivity index (χ1) is 10.8. The summed E-state index contributed by atoms with van der Waals surface area (Å²) in [5.74, 6) is -2.43. The molecule has 2 aromatic carbocycles. The molecule has 2 nitrogen and oxygen atoms in total. The van der Waals surface area contributed by atoms with E-state index in [0.717, 1.165) is 24.3 Å². The minimum Gasteiger partial charge on any atom is -0.296 e. The van der Waals surface area contributed by atoms with Crippen LogP contribution in [0.4, 0.5) is 18.9 Å². The quantitative estimate of drug-likeness (QED) is 0.762. The number of benzene rings is 2. The maximum atomic E-state index is 13.7. The molecule has 1 N–H and O–H groups in total. The fraction of sp³-hybridized carbons (Fsp3) is 0.250. The molecule has 2 aromatic rings. The van der Waals surface area contributed by atoms with Gasteiger partial charge in [0.05, 0.1) is 4.90 Å². The summed E-state index contributed by atoms with van der Waals surface area (Å²) in [6.07, 6.45) is 0. The van der Waals surface area contributed by atoms with E-state index < -0.39 is 34.1 Å². The van der Waals surface area contributed by atoms with Crippen molar-refractivity contribution in [3.63, 3.8) is 0 Å². The maximum Gasteiger partial charge on any atom is 0.150 e. The largest absolute Gasteiger partial charge is 0.296 e. The highest BCUT2D eigenvalue weighted by atomic mass is 35.5. The van der Waals surface area contributed by atoms with Crippen LogP contribution in [0.2, 0.25) is 5.02 Å². The number of halogens is 4. The first-order valence-corrected chi connectivity index (χ1v) is 8.42. The normalized spacial score (nSPS) is 11.5. The van der Waals surface area contributed by atoms with Gasteiger partial charge in [-0.25, -0.2) is 17.4 Å². The molecule has 0 amide bonds. The van der Waals surface area contributed by atoms with Gasteiger partial charge < -0.3 is 0 Å². The van der Waals surface area contributed by atoms with E-state index in [0.29, 0.717) is 11.1 Å². The number of aryl methyl sites for hydroxylation is 1. The Morgan fingerprint density at radius 3 is 2.04 bits per heavy atom. The summed E-state index contributed by atoms with van der Waals surface area (Å²) >= 11 is 5.80. The number of anilines is 1. The first kappa shape index (κ1) is 19.5. The Morgan fingerprint density at radius 2 is 1.52 bits per heavy atom. The topological polar surface area (TPSA) is 29.1 Å². The molecule has 0 saturated heterocycles. The molecule has 0 bridgehead atoms. The molecule has 2 rings (SSSR count). The van der Waals surface area contributed by atoms with Crippen LogP contribution in [-0.4, -0.2) is 4.21 Å². The van der Waals surface area contributed by atoms with Crippen molar-refractivity contribution >= 4 is 28.3 Å². The molecule has 1 atom stereocenters. The fourth-order valence-corrected chi connectivity index (χ4v) is 3.12. The zero-order chi connectivity index (χ0) is 17.7. The van der Waals surface area contributed by atoms with Crippen molar-refractivity contribution < 1.29 is 17.4 Å². The molecule has 0 aliphatic rings. The summed E-state index contributed by atoms with van der Waals surface area (Å²) in [7, 11) is -2.05. The van der Waals surface area contributed by atoms with Gasteiger partial charge >= 0.3 is 0 Å². The summed E-state index contributed by atoms with van der Waals surface area (Å²) in [5.41, 5.74) is 0.238. The van der Waals surface area contributed by atoms with Gasteiger partial charge in [-0.1, -0.05) is 25.4 Å². The summed E-state index contributed by atoms with van der Waals surface area (Å²) < 4.78 is 55.1. The molecule has 23 heavy (non-hydrogen) atoms. The monoisotopic (exact) mass is 363 g/mol. The minimum absolute atomic E-state index is 0.0272. The van der Waals surface area contributed by atoms with E-state index >= 15 is 0 Å². The van der Waals surface area contributed by atoms with Crippen molar-refractivity contribution in [2.45, 2.75) is 32.6 Å². The molecular formula is C16H17ClF3NOS. The third kappa shape index (κ3) is 4.72. The highest BCUT2D eigenvalue weighted by Gasteiger charge is 2.17. The van der Waals surface area contributed by atoms with E-state index in [2.05, 4.69) is 4.72 Å². The lowest BCUT2D eigenvalue weighted by molar-refractivity contribution is 0.589. The predicted molar refractivity (Wildman–Crippen MR) is 88.6 cm³/mol. The molecule has 0 spiro atoms. The van der Waals surface area contributed by atoms with Crippen molar-refractivity contribution in [1.82, 2.24) is 0 Å². The zero-order valence-electron chi connectivity index (χ0n) is 13.1. The summed E-state index contributed by atoms with van der Waals surface area (Å²) in [4.78, 5) is 0.0272. The van der Waals surface area contributed by atoms with Gasteiger partial charge in [0.1, 0.15) is 11.5 Å². The molecule has 0 fully saturated rings. The van der Waals surface area contributed by atoms with E-state index in [9.17, 15) is 17.4 Å². The molecule has 0 aliphatic heterocycles. The minimum atomic E-state index is -2.05. The van der Waals surface area contributed by atoms with Gasteiger partial charge in [0.15, 0.2) is 22.6 Å². The van der Waals surface area contributed by atoms with Crippen molar-refractivity contribution in [3.05, 3.63) is 57.9 Å². The van der Waals surface area contributed by atoms with Gasteiger partial charge in [-0.05, 0) is 49.2 Å². The fourth-order valence-electron chi connectivity index (χ4n) is 1.76. The predicted octanol–water partition coefficient (Wildman–Crippen LogP) is 5.54. The molecule has 126 valence electrons. The second-order valence-electron chi connectivity index (χ2n) is 4.49. The maximum absolute atomic E-state index is 13.7. The average molecular weight is 364 g/mol. The summed E-state index contributed by atoms with van der Waals surface area (Å²) in [6.45, 7) is 7.07. The smallest absolute Gasteiger partial charge is 0.150 e. The lowest BCUT2D eigenvalue weighted by atomic mass is 10.2. The molecule has 0 radical (unpaired) electrons. The lowest BCUT2D eigenvalue weighted by Crippen LogP contribution is -2.10. The highest BCUT2D eigenvalue weighted by molar-refractivity contribution is 7.86. The molecule has 0 saturated carbocycles. The standard InChI is InChI=1S/C14H11ClF3NOS.C2H6/c1-7-3-11(17)14(12(18)4-7)19-21(20)13-6-9(16)5-10(15)8(13)2;1-2/h3-6,19H,1-2H3;1-2H3. The molecule has 0 aliphatic carbocycles. The highest BCUT2D eigenvalue weighted by Crippen LogP contribution is 2.26. The van der Waals surface area contributed by atoms with Crippen molar-refractivity contribution in [1.29, 1.82) is 0 Å². The Morgan fingerprint density at radius 1 is 1.00 bits per heavy atom. The van der Waals surface area contributed by atoms with Gasteiger partial charge in [0.2, 0.25) is 0 Å². The summed E-state index contributed by atoms with van der Waals surface area (Å²) in [6, 6.07) is 4.29. The molecule has 1 unspecified atom stereocenters. The zero-order valence-corrected chi connectivity index (χ0v) is 14.7. The van der Waals surface area contributed by atoms with Crippen LogP contribution in [0.25, 0.3) is 0 Å². The van der Waals surface area contributed by atoms with E-state index in [1.54, 1.807) is 6.92 Å². The number of hydrogen-bond donors (Lipinski definition) is 1. The van der Waals surface area contributed by atoms with E-state index in [-0.39, 0.29) is 9.92 Å². The SMILES string of the molecule is CC.Cc1cc(F)c(NS(=O)c2cc(F)cc(Cl)c2C)c(F)c1. The van der Waals surface area contributed by atoms with Crippen molar-refractivity contribution in [2.75, 3.05) is 4.72 Å². The van der Waals surface area contributed by atoms with Crippen molar-refractivity contribution in [2.24, 2.45) is 0 Å². The lowest BCUT2D eigenvalue weighted by Gasteiger charge is -2.11. The van der Waals surface area contributed by atoms with Crippen LogP contribution in [0.1, 0.15) is 25.0 Å². The Bertz CT molecular complexity index is 715.